The fourth-order valence-electron chi connectivity index (χ4n) is 6.81. The van der Waals surface area contributed by atoms with E-state index in [1.807, 2.05) is 58.9 Å². The number of carbonyl (C=O) groups is 6. The van der Waals surface area contributed by atoms with Crippen LogP contribution in [0.3, 0.4) is 0 Å². The predicted octanol–water partition coefficient (Wildman–Crippen LogP) is 3.80. The fraction of sp³-hybridized carbons (Fsp3) is 0.556. The lowest BCUT2D eigenvalue weighted by Crippen LogP contribution is -2.54. The normalized spacial score (nSPS) is 24.3. The van der Waals surface area contributed by atoms with Crippen molar-refractivity contribution in [2.75, 3.05) is 13.7 Å². The highest BCUT2D eigenvalue weighted by Gasteiger charge is 2.48. The molecule has 16 heteroatoms. The number of amides is 5. The second kappa shape index (κ2) is 21.7. The number of halogens is 1. The number of esters is 1. The molecule has 334 valence electrons. The molecule has 1 fully saturated rings. The van der Waals surface area contributed by atoms with Gasteiger partial charge in [0.15, 0.2) is 0 Å². The van der Waals surface area contributed by atoms with Crippen LogP contribution in [0.15, 0.2) is 54.6 Å². The molecule has 0 radical (unpaired) electrons. The molecule has 2 aromatic rings. The Bertz CT molecular complexity index is 1920. The Kier molecular flexibility index (Phi) is 17.3. The van der Waals surface area contributed by atoms with Crippen LogP contribution in [0.5, 0.6) is 5.75 Å². The van der Waals surface area contributed by atoms with Crippen LogP contribution in [0.1, 0.15) is 91.0 Å². The van der Waals surface area contributed by atoms with E-state index in [4.69, 9.17) is 31.5 Å². The molecule has 0 aliphatic carbocycles. The summed E-state index contributed by atoms with van der Waals surface area (Å²) in [5, 5.41) is 14.3. The largest absolute Gasteiger partial charge is 0.495 e. The summed E-state index contributed by atoms with van der Waals surface area (Å²) in [7, 11) is 1.50. The third kappa shape index (κ3) is 14.0. The van der Waals surface area contributed by atoms with E-state index >= 15 is 0 Å². The molecule has 2 heterocycles. The SMILES string of the molecule is COc1ccc(C[C@H]2NC(=O)/C=C/C[C@@H]([C@H](C)[C@H]3O[C@@H]3c3ccc(CNC(=O)[C@H](C)NC(=O)[C@@H](N)C(C)C)cc3)OC(=O)[C@H](CC(C)C)NC(=O)C(C)(C)CNC2=O)cc1Cl. The van der Waals surface area contributed by atoms with Gasteiger partial charge in [0, 0.05) is 31.8 Å². The van der Waals surface area contributed by atoms with E-state index in [2.05, 4.69) is 26.6 Å². The maximum absolute atomic E-state index is 13.9. The van der Waals surface area contributed by atoms with Crippen molar-refractivity contribution in [1.82, 2.24) is 26.6 Å². The molecule has 2 aliphatic heterocycles. The maximum atomic E-state index is 13.9. The lowest BCUT2D eigenvalue weighted by molar-refractivity contribution is -0.157. The Morgan fingerprint density at radius 2 is 1.62 bits per heavy atom. The second-order valence-electron chi connectivity index (χ2n) is 17.4. The number of epoxide rings is 1. The first-order valence-electron chi connectivity index (χ1n) is 20.9. The van der Waals surface area contributed by atoms with Gasteiger partial charge in [0.25, 0.3) is 0 Å². The lowest BCUT2D eigenvalue weighted by Gasteiger charge is -2.30. The lowest BCUT2D eigenvalue weighted by atomic mass is 9.90. The van der Waals surface area contributed by atoms with Gasteiger partial charge >= 0.3 is 5.97 Å². The number of methoxy groups -OCH3 is 1. The fourth-order valence-corrected chi connectivity index (χ4v) is 7.09. The number of nitrogens with two attached hydrogens (primary N) is 1. The first-order valence-corrected chi connectivity index (χ1v) is 21.2. The van der Waals surface area contributed by atoms with E-state index in [-0.39, 0.29) is 67.7 Å². The number of benzene rings is 2. The summed E-state index contributed by atoms with van der Waals surface area (Å²) in [6, 6.07) is 9.22. The molecule has 8 atom stereocenters. The number of carbonyl (C=O) groups excluding carboxylic acids is 6. The molecular formula is C45H63ClN6O9. The van der Waals surface area contributed by atoms with Gasteiger partial charge < -0.3 is 46.5 Å². The van der Waals surface area contributed by atoms with Gasteiger partial charge in [-0.2, -0.15) is 0 Å². The zero-order chi connectivity index (χ0) is 45.2. The van der Waals surface area contributed by atoms with Gasteiger partial charge in [0.2, 0.25) is 29.5 Å². The smallest absolute Gasteiger partial charge is 0.328 e. The third-order valence-electron chi connectivity index (χ3n) is 11.0. The minimum atomic E-state index is -1.14. The number of ether oxygens (including phenoxy) is 3. The van der Waals surface area contributed by atoms with Crippen LogP contribution in [0.4, 0.5) is 0 Å². The van der Waals surface area contributed by atoms with Gasteiger partial charge in [-0.15, -0.1) is 0 Å². The number of cyclic esters (lactones) is 1. The van der Waals surface area contributed by atoms with Gasteiger partial charge in [-0.05, 0) is 73.9 Å². The van der Waals surface area contributed by atoms with Gasteiger partial charge in [-0.25, -0.2) is 4.79 Å². The summed E-state index contributed by atoms with van der Waals surface area (Å²) < 4.78 is 17.6. The van der Waals surface area contributed by atoms with Crippen molar-refractivity contribution in [3.8, 4) is 5.75 Å². The van der Waals surface area contributed by atoms with Crippen molar-refractivity contribution in [3.05, 3.63) is 76.3 Å². The van der Waals surface area contributed by atoms with Crippen LogP contribution in [0.2, 0.25) is 5.02 Å². The second-order valence-corrected chi connectivity index (χ2v) is 17.9. The molecule has 4 rings (SSSR count). The van der Waals surface area contributed by atoms with Gasteiger partial charge in [-0.1, -0.05) is 82.6 Å². The number of rotatable bonds is 14. The van der Waals surface area contributed by atoms with Crippen molar-refractivity contribution in [1.29, 1.82) is 0 Å². The molecule has 0 aromatic heterocycles. The van der Waals surface area contributed by atoms with E-state index in [0.29, 0.717) is 22.8 Å². The molecule has 0 bridgehead atoms. The van der Waals surface area contributed by atoms with Crippen molar-refractivity contribution in [2.24, 2.45) is 28.9 Å². The van der Waals surface area contributed by atoms with E-state index in [9.17, 15) is 28.8 Å². The van der Waals surface area contributed by atoms with E-state index in [1.165, 1.54) is 13.2 Å². The number of hydrogen-bond donors (Lipinski definition) is 6. The van der Waals surface area contributed by atoms with E-state index in [1.54, 1.807) is 45.0 Å². The van der Waals surface area contributed by atoms with E-state index < -0.39 is 59.4 Å². The molecule has 0 spiro atoms. The molecule has 1 saturated heterocycles. The van der Waals surface area contributed by atoms with Crippen molar-refractivity contribution in [2.45, 2.75) is 124 Å². The molecule has 0 unspecified atom stereocenters. The molecule has 5 amide bonds. The van der Waals surface area contributed by atoms with Crippen LogP contribution in [0.25, 0.3) is 0 Å². The molecule has 0 saturated carbocycles. The van der Waals surface area contributed by atoms with Crippen LogP contribution < -0.4 is 37.1 Å². The molecule has 7 N–H and O–H groups in total. The monoisotopic (exact) mass is 866 g/mol. The Morgan fingerprint density at radius 1 is 0.951 bits per heavy atom. The van der Waals surface area contributed by atoms with Crippen LogP contribution in [-0.2, 0) is 51.2 Å². The topological polar surface area (TPSA) is 220 Å². The zero-order valence-electron chi connectivity index (χ0n) is 36.6. The molecule has 2 aromatic carbocycles. The summed E-state index contributed by atoms with van der Waals surface area (Å²) in [4.78, 5) is 79.5. The highest BCUT2D eigenvalue weighted by molar-refractivity contribution is 6.32. The van der Waals surface area contributed by atoms with Crippen LogP contribution in [-0.4, -0.2) is 85.5 Å². The molecule has 15 nitrogen and oxygen atoms in total. The van der Waals surface area contributed by atoms with E-state index in [0.717, 1.165) is 11.1 Å². The molecular weight excluding hydrogens is 804 g/mol. The molecule has 2 aliphatic rings. The minimum absolute atomic E-state index is 0.0308. The van der Waals surface area contributed by atoms with Gasteiger partial charge in [0.05, 0.1) is 29.7 Å². The standard InChI is InChI=1S/C45H63ClN6O9/c1-24(2)19-33-43(57)60-34(26(5)38-39(61-38)30-16-13-28(14-17-30)22-48-40(54)27(6)50-42(56)37(47)25(3)4)11-10-12-36(53)51-32(21-29-15-18-35(59-9)31(46)20-29)41(55)49-23-45(7,8)44(58)52-33/h10,12-18,20,24-27,32-34,37-39H,11,19,21-23,47H2,1-9H3,(H,48,54)(H,49,55)(H,50,56)(H,51,53)(H,52,58)/b12-10+/t26-,27-,32+,33-,34-,37-,38+,39+/m0/s1. The summed E-state index contributed by atoms with van der Waals surface area (Å²) in [5.41, 5.74) is 7.17. The minimum Gasteiger partial charge on any atom is -0.495 e. The Labute approximate surface area is 364 Å². The summed E-state index contributed by atoms with van der Waals surface area (Å²) in [5.74, 6) is -2.73. The summed E-state index contributed by atoms with van der Waals surface area (Å²) in [6.07, 6.45) is 2.10. The Morgan fingerprint density at radius 3 is 2.25 bits per heavy atom. The van der Waals surface area contributed by atoms with Crippen molar-refractivity contribution >= 4 is 47.1 Å². The Balaban J connectivity index is 1.49. The number of hydrogen-bond acceptors (Lipinski definition) is 10. The maximum Gasteiger partial charge on any atom is 0.328 e. The number of nitrogens with one attached hydrogen (secondary N) is 5. The first-order chi connectivity index (χ1) is 28.7. The van der Waals surface area contributed by atoms with Gasteiger partial charge in [0.1, 0.15) is 36.1 Å². The third-order valence-corrected chi connectivity index (χ3v) is 11.3. The van der Waals surface area contributed by atoms with Gasteiger partial charge in [-0.3, -0.25) is 24.0 Å². The first kappa shape index (κ1) is 48.7. The van der Waals surface area contributed by atoms with Crippen LogP contribution >= 0.6 is 11.6 Å². The quantitative estimate of drug-likeness (QED) is 0.119. The van der Waals surface area contributed by atoms with Crippen LogP contribution in [0, 0.1) is 23.2 Å². The summed E-state index contributed by atoms with van der Waals surface area (Å²) >= 11 is 6.36. The van der Waals surface area contributed by atoms with Crippen molar-refractivity contribution in [3.63, 3.8) is 0 Å². The highest BCUT2D eigenvalue weighted by atomic mass is 35.5. The zero-order valence-corrected chi connectivity index (χ0v) is 37.4. The highest BCUT2D eigenvalue weighted by Crippen LogP contribution is 2.45. The predicted molar refractivity (Wildman–Crippen MR) is 231 cm³/mol. The Hall–Kier alpha value is -4.99. The average Bonchev–Trinajstić information content (AvgIpc) is 4.01. The average molecular weight is 867 g/mol. The summed E-state index contributed by atoms with van der Waals surface area (Å²) in [6.45, 7) is 14.5. The van der Waals surface area contributed by atoms with Crippen molar-refractivity contribution < 1.29 is 43.0 Å². The molecule has 61 heavy (non-hydrogen) atoms.